The molecule has 126 valence electrons. The molecule has 22 heavy (non-hydrogen) atoms. The fourth-order valence-corrected chi connectivity index (χ4v) is 3.78. The third-order valence-corrected chi connectivity index (χ3v) is 5.13. The molecule has 5 nitrogen and oxygen atoms in total. The number of halogens is 2. The highest BCUT2D eigenvalue weighted by Crippen LogP contribution is 2.22. The van der Waals surface area contributed by atoms with E-state index in [0.29, 0.717) is 5.91 Å². The van der Waals surface area contributed by atoms with Crippen LogP contribution in [0.2, 0.25) is 0 Å². The van der Waals surface area contributed by atoms with E-state index in [1.54, 1.807) is 11.3 Å². The minimum Gasteiger partial charge on any atom is -0.345 e. The molecule has 2 aliphatic heterocycles. The van der Waals surface area contributed by atoms with Gasteiger partial charge in [0.1, 0.15) is 0 Å². The Morgan fingerprint density at radius 2 is 2.05 bits per heavy atom. The third-order valence-electron chi connectivity index (χ3n) is 4.11. The first-order chi connectivity index (χ1) is 9.74. The number of aryl methyl sites for hydroxylation is 1. The van der Waals surface area contributed by atoms with Gasteiger partial charge in [-0.05, 0) is 26.3 Å². The molecule has 1 unspecified atom stereocenters. The van der Waals surface area contributed by atoms with E-state index in [2.05, 4.69) is 20.6 Å². The summed E-state index contributed by atoms with van der Waals surface area (Å²) in [5, 5.41) is 6.50. The summed E-state index contributed by atoms with van der Waals surface area (Å²) in [6, 6.07) is 0. The van der Waals surface area contributed by atoms with E-state index in [1.807, 2.05) is 11.8 Å². The number of aromatic nitrogens is 1. The first kappa shape index (κ1) is 19.5. The van der Waals surface area contributed by atoms with Gasteiger partial charge in [0.2, 0.25) is 5.91 Å². The van der Waals surface area contributed by atoms with Crippen molar-refractivity contribution >= 4 is 47.2 Å². The molecule has 0 aliphatic carbocycles. The molecule has 2 aliphatic rings. The number of piperazine rings is 1. The number of carbonyl (C=O) groups excluding carboxylic acids is 1. The minimum atomic E-state index is 0. The predicted molar refractivity (Wildman–Crippen MR) is 95.7 cm³/mol. The summed E-state index contributed by atoms with van der Waals surface area (Å²) in [5.41, 5.74) is 1.08. The van der Waals surface area contributed by atoms with E-state index in [9.17, 15) is 4.79 Å². The Morgan fingerprint density at radius 3 is 2.59 bits per heavy atom. The lowest BCUT2D eigenvalue weighted by molar-refractivity contribution is -0.136. The molecule has 0 spiro atoms. The summed E-state index contributed by atoms with van der Waals surface area (Å²) in [7, 11) is 0. The highest BCUT2D eigenvalue weighted by atomic mass is 35.5. The van der Waals surface area contributed by atoms with E-state index in [0.717, 1.165) is 62.9 Å². The SMILES string of the molecule is Cc1csc(N2CCN(C(=O)C3CCCNC3)CC2)n1.Cl.Cl. The predicted octanol–water partition coefficient (Wildman–Crippen LogP) is 1.94. The maximum absolute atomic E-state index is 12.5. The van der Waals surface area contributed by atoms with Crippen molar-refractivity contribution in [1.82, 2.24) is 15.2 Å². The molecule has 1 N–H and O–H groups in total. The molecule has 1 amide bonds. The number of hydrogen-bond donors (Lipinski definition) is 1. The molecule has 2 saturated heterocycles. The molecule has 1 aromatic rings. The Bertz CT molecular complexity index is 471. The van der Waals surface area contributed by atoms with Crippen LogP contribution in [0.25, 0.3) is 0 Å². The number of nitrogens with one attached hydrogen (secondary N) is 1. The molecule has 3 heterocycles. The topological polar surface area (TPSA) is 48.5 Å². The van der Waals surface area contributed by atoms with Gasteiger partial charge < -0.3 is 15.1 Å². The number of piperidine rings is 1. The van der Waals surface area contributed by atoms with E-state index < -0.39 is 0 Å². The van der Waals surface area contributed by atoms with E-state index in [4.69, 9.17) is 0 Å². The van der Waals surface area contributed by atoms with Crippen LogP contribution in [-0.2, 0) is 4.79 Å². The van der Waals surface area contributed by atoms with E-state index in [-0.39, 0.29) is 30.7 Å². The number of anilines is 1. The standard InChI is InChI=1S/C14H22N4OS.2ClH/c1-11-10-20-14(16-11)18-7-5-17(6-8-18)13(19)12-3-2-4-15-9-12;;/h10,12,15H,2-9H2,1H3;2*1H. The van der Waals surface area contributed by atoms with Crippen molar-refractivity contribution < 1.29 is 4.79 Å². The van der Waals surface area contributed by atoms with Crippen LogP contribution in [0.3, 0.4) is 0 Å². The molecular weight excluding hydrogens is 343 g/mol. The van der Waals surface area contributed by atoms with Crippen LogP contribution in [0.5, 0.6) is 0 Å². The van der Waals surface area contributed by atoms with Gasteiger partial charge in [0.15, 0.2) is 5.13 Å². The lowest BCUT2D eigenvalue weighted by atomic mass is 9.98. The molecule has 3 rings (SSSR count). The van der Waals surface area contributed by atoms with Gasteiger partial charge in [-0.3, -0.25) is 4.79 Å². The zero-order valence-corrected chi connectivity index (χ0v) is 15.2. The fraction of sp³-hybridized carbons (Fsp3) is 0.714. The molecule has 0 radical (unpaired) electrons. The van der Waals surface area contributed by atoms with E-state index in [1.165, 1.54) is 0 Å². The van der Waals surface area contributed by atoms with Crippen molar-refractivity contribution in [2.45, 2.75) is 19.8 Å². The van der Waals surface area contributed by atoms with Crippen LogP contribution < -0.4 is 10.2 Å². The molecule has 0 bridgehead atoms. The van der Waals surface area contributed by atoms with Crippen molar-refractivity contribution in [1.29, 1.82) is 0 Å². The average Bonchev–Trinajstić information content (AvgIpc) is 2.94. The zero-order chi connectivity index (χ0) is 13.9. The van der Waals surface area contributed by atoms with Gasteiger partial charge >= 0.3 is 0 Å². The molecule has 1 atom stereocenters. The van der Waals surface area contributed by atoms with Crippen LogP contribution in [0.4, 0.5) is 5.13 Å². The largest absolute Gasteiger partial charge is 0.345 e. The van der Waals surface area contributed by atoms with Gasteiger partial charge in [0.05, 0.1) is 11.6 Å². The summed E-state index contributed by atoms with van der Waals surface area (Å²) < 4.78 is 0. The Hall–Kier alpha value is -0.560. The second kappa shape index (κ2) is 8.91. The number of rotatable bonds is 2. The molecule has 0 aromatic carbocycles. The Kier molecular flexibility index (Phi) is 7.89. The van der Waals surface area contributed by atoms with Crippen LogP contribution in [-0.4, -0.2) is 55.1 Å². The fourth-order valence-electron chi connectivity index (χ4n) is 2.93. The number of amides is 1. The van der Waals surface area contributed by atoms with Gasteiger partial charge in [-0.25, -0.2) is 4.98 Å². The smallest absolute Gasteiger partial charge is 0.227 e. The van der Waals surface area contributed by atoms with Crippen LogP contribution >= 0.6 is 36.2 Å². The molecule has 0 saturated carbocycles. The van der Waals surface area contributed by atoms with Crippen molar-refractivity contribution in [2.75, 3.05) is 44.2 Å². The summed E-state index contributed by atoms with van der Waals surface area (Å²) in [6.45, 7) is 7.39. The monoisotopic (exact) mass is 366 g/mol. The highest BCUT2D eigenvalue weighted by molar-refractivity contribution is 7.13. The Morgan fingerprint density at radius 1 is 1.32 bits per heavy atom. The minimum absolute atomic E-state index is 0. The van der Waals surface area contributed by atoms with Crippen molar-refractivity contribution in [3.63, 3.8) is 0 Å². The van der Waals surface area contributed by atoms with Gasteiger partial charge in [-0.2, -0.15) is 0 Å². The molecule has 8 heteroatoms. The number of thiazole rings is 1. The van der Waals surface area contributed by atoms with Crippen molar-refractivity contribution in [2.24, 2.45) is 5.92 Å². The molecule has 1 aromatic heterocycles. The quantitative estimate of drug-likeness (QED) is 0.868. The summed E-state index contributed by atoms with van der Waals surface area (Å²) in [5.74, 6) is 0.532. The van der Waals surface area contributed by atoms with Gasteiger partial charge in [-0.15, -0.1) is 36.2 Å². The Balaban J connectivity index is 0.00000121. The summed E-state index contributed by atoms with van der Waals surface area (Å²) in [6.07, 6.45) is 2.16. The molecule has 2 fully saturated rings. The van der Waals surface area contributed by atoms with Gasteiger partial charge in [0.25, 0.3) is 0 Å². The lowest BCUT2D eigenvalue weighted by Gasteiger charge is -2.37. The normalized spacial score (nSPS) is 21.8. The maximum atomic E-state index is 12.5. The zero-order valence-electron chi connectivity index (χ0n) is 12.8. The first-order valence-corrected chi connectivity index (χ1v) is 8.28. The van der Waals surface area contributed by atoms with E-state index >= 15 is 0 Å². The van der Waals surface area contributed by atoms with Gasteiger partial charge in [-0.1, -0.05) is 0 Å². The Labute approximate surface area is 148 Å². The second-order valence-corrected chi connectivity index (χ2v) is 6.46. The summed E-state index contributed by atoms with van der Waals surface area (Å²) >= 11 is 1.70. The number of nitrogens with zero attached hydrogens (tertiary/aromatic N) is 3. The van der Waals surface area contributed by atoms with Crippen LogP contribution in [0.15, 0.2) is 5.38 Å². The summed E-state index contributed by atoms with van der Waals surface area (Å²) in [4.78, 5) is 21.3. The third kappa shape index (κ3) is 4.47. The van der Waals surface area contributed by atoms with Crippen LogP contribution in [0, 0.1) is 12.8 Å². The van der Waals surface area contributed by atoms with Gasteiger partial charge in [0, 0.05) is 38.1 Å². The van der Waals surface area contributed by atoms with Crippen LogP contribution in [0.1, 0.15) is 18.5 Å². The molecular formula is C14H24Cl2N4OS. The maximum Gasteiger partial charge on any atom is 0.227 e. The highest BCUT2D eigenvalue weighted by Gasteiger charge is 2.28. The lowest BCUT2D eigenvalue weighted by Crippen LogP contribution is -2.52. The van der Waals surface area contributed by atoms with Crippen molar-refractivity contribution in [3.8, 4) is 0 Å². The first-order valence-electron chi connectivity index (χ1n) is 7.40. The number of carbonyl (C=O) groups is 1. The van der Waals surface area contributed by atoms with Crippen molar-refractivity contribution in [3.05, 3.63) is 11.1 Å². The second-order valence-electron chi connectivity index (χ2n) is 5.63. The number of hydrogen-bond acceptors (Lipinski definition) is 5. The average molecular weight is 367 g/mol.